The second kappa shape index (κ2) is 9.13. The van der Waals surface area contributed by atoms with E-state index in [1.807, 2.05) is 41.1 Å². The molecule has 174 valence electrons. The van der Waals surface area contributed by atoms with Crippen molar-refractivity contribution in [1.82, 2.24) is 24.6 Å². The molecule has 0 saturated carbocycles. The van der Waals surface area contributed by atoms with Gasteiger partial charge in [-0.05, 0) is 49.3 Å². The lowest BCUT2D eigenvalue weighted by atomic mass is 10.00. The molecule has 3 heterocycles. The van der Waals surface area contributed by atoms with Gasteiger partial charge in [0.05, 0.1) is 11.4 Å². The van der Waals surface area contributed by atoms with Crippen LogP contribution >= 0.6 is 0 Å². The Labute approximate surface area is 198 Å². The van der Waals surface area contributed by atoms with Crippen LogP contribution in [-0.4, -0.2) is 49.7 Å². The predicted octanol–water partition coefficient (Wildman–Crippen LogP) is 3.93. The molecule has 8 nitrogen and oxygen atoms in total. The van der Waals surface area contributed by atoms with Gasteiger partial charge in [-0.25, -0.2) is 14.6 Å². The summed E-state index contributed by atoms with van der Waals surface area (Å²) in [6.07, 6.45) is 12.9. The van der Waals surface area contributed by atoms with E-state index in [0.717, 1.165) is 41.8 Å². The Hall–Kier alpha value is -3.94. The second-order valence-corrected chi connectivity index (χ2v) is 8.77. The third-order valence-electron chi connectivity index (χ3n) is 6.49. The van der Waals surface area contributed by atoms with Crippen molar-refractivity contribution in [3.05, 3.63) is 67.6 Å². The zero-order chi connectivity index (χ0) is 23.7. The van der Waals surface area contributed by atoms with Crippen LogP contribution in [0.1, 0.15) is 25.8 Å². The van der Waals surface area contributed by atoms with Gasteiger partial charge in [0.25, 0.3) is 0 Å². The van der Waals surface area contributed by atoms with E-state index in [0.29, 0.717) is 23.9 Å². The van der Waals surface area contributed by atoms with Crippen molar-refractivity contribution < 1.29 is 9.53 Å². The number of benzene rings is 1. The molecule has 1 aliphatic heterocycles. The molecule has 3 atom stereocenters. The number of hydrogen-bond acceptors (Lipinski definition) is 6. The summed E-state index contributed by atoms with van der Waals surface area (Å²) in [6.45, 7) is 7.03. The fourth-order valence-corrected chi connectivity index (χ4v) is 4.63. The average molecular weight is 457 g/mol. The van der Waals surface area contributed by atoms with E-state index >= 15 is 0 Å². The van der Waals surface area contributed by atoms with Crippen LogP contribution in [0, 0.1) is 5.92 Å². The van der Waals surface area contributed by atoms with E-state index in [4.69, 9.17) is 15.6 Å². The molecule has 8 heteroatoms. The summed E-state index contributed by atoms with van der Waals surface area (Å²) in [6, 6.07) is 7.86. The Morgan fingerprint density at radius 2 is 2.00 bits per heavy atom. The van der Waals surface area contributed by atoms with Crippen molar-refractivity contribution >= 4 is 22.8 Å². The number of amides is 1. The molecule has 3 aromatic rings. The van der Waals surface area contributed by atoms with Gasteiger partial charge in [0.15, 0.2) is 5.65 Å². The van der Waals surface area contributed by atoms with Gasteiger partial charge in [0.1, 0.15) is 29.7 Å². The lowest BCUT2D eigenvalue weighted by molar-refractivity contribution is -0.127. The number of anilines is 1. The highest BCUT2D eigenvalue weighted by atomic mass is 16.5. The van der Waals surface area contributed by atoms with Gasteiger partial charge in [-0.3, -0.25) is 4.79 Å². The topological polar surface area (TPSA) is 99.2 Å². The quantitative estimate of drug-likeness (QED) is 0.584. The molecule has 0 bridgehead atoms. The smallest absolute Gasteiger partial charge is 0.246 e. The first kappa shape index (κ1) is 21.9. The fourth-order valence-electron chi connectivity index (χ4n) is 4.63. The minimum atomic E-state index is -0.0660. The Bertz CT molecular complexity index is 1280. The van der Waals surface area contributed by atoms with Gasteiger partial charge in [-0.2, -0.15) is 5.10 Å². The summed E-state index contributed by atoms with van der Waals surface area (Å²) >= 11 is 0. The van der Waals surface area contributed by atoms with E-state index in [1.54, 1.807) is 4.90 Å². The van der Waals surface area contributed by atoms with Crippen LogP contribution in [-0.2, 0) is 4.79 Å². The Morgan fingerprint density at radius 3 is 2.76 bits per heavy atom. The van der Waals surface area contributed by atoms with Gasteiger partial charge in [0.2, 0.25) is 5.91 Å². The Kier molecular flexibility index (Phi) is 5.88. The molecule has 5 rings (SSSR count). The van der Waals surface area contributed by atoms with E-state index in [2.05, 4.69) is 35.6 Å². The average Bonchev–Trinajstić information content (AvgIpc) is 3.26. The number of allylic oxidation sites excluding steroid dienone is 2. The zero-order valence-corrected chi connectivity index (χ0v) is 19.2. The maximum atomic E-state index is 12.2. The van der Waals surface area contributed by atoms with Crippen molar-refractivity contribution in [1.29, 1.82) is 0 Å². The number of piperidine rings is 1. The summed E-state index contributed by atoms with van der Waals surface area (Å²) in [7, 11) is 0. The molecule has 1 aromatic carbocycles. The monoisotopic (exact) mass is 456 g/mol. The SMILES string of the molecule is C=CC(=O)N1CCCC(n2nc(-c3ccc(OC4C=CC=CC4C)cc3)c3c(N)ncnc32)C1. The molecule has 1 saturated heterocycles. The number of nitrogens with two attached hydrogens (primary N) is 1. The molecule has 3 unspecified atom stereocenters. The van der Waals surface area contributed by atoms with Crippen LogP contribution in [0.15, 0.2) is 67.6 Å². The number of aromatic nitrogens is 4. The largest absolute Gasteiger partial charge is 0.486 e. The van der Waals surface area contributed by atoms with E-state index in [-0.39, 0.29) is 18.1 Å². The highest BCUT2D eigenvalue weighted by molar-refractivity contribution is 5.98. The molecule has 2 aromatic heterocycles. The summed E-state index contributed by atoms with van der Waals surface area (Å²) in [5.41, 5.74) is 8.58. The zero-order valence-electron chi connectivity index (χ0n) is 19.2. The summed E-state index contributed by atoms with van der Waals surface area (Å²) < 4.78 is 8.06. The van der Waals surface area contributed by atoms with Crippen LogP contribution in [0.25, 0.3) is 22.3 Å². The molecular weight excluding hydrogens is 428 g/mol. The molecule has 34 heavy (non-hydrogen) atoms. The van der Waals surface area contributed by atoms with Crippen LogP contribution in [0.4, 0.5) is 5.82 Å². The number of fused-ring (bicyclic) bond motifs is 1. The maximum absolute atomic E-state index is 12.2. The first-order valence-corrected chi connectivity index (χ1v) is 11.6. The van der Waals surface area contributed by atoms with Crippen molar-refractivity contribution in [3.63, 3.8) is 0 Å². The molecule has 0 radical (unpaired) electrons. The second-order valence-electron chi connectivity index (χ2n) is 8.77. The number of rotatable bonds is 5. The molecule has 2 N–H and O–H groups in total. The first-order chi connectivity index (χ1) is 16.5. The summed E-state index contributed by atoms with van der Waals surface area (Å²) in [4.78, 5) is 22.7. The number of carbonyl (C=O) groups excluding carboxylic acids is 1. The molecular formula is C26H28N6O2. The van der Waals surface area contributed by atoms with Crippen molar-refractivity contribution in [3.8, 4) is 17.0 Å². The minimum Gasteiger partial charge on any atom is -0.486 e. The summed E-state index contributed by atoms with van der Waals surface area (Å²) in [5.74, 6) is 1.42. The molecule has 0 spiro atoms. The molecule has 2 aliphatic rings. The Balaban J connectivity index is 1.47. The van der Waals surface area contributed by atoms with E-state index < -0.39 is 0 Å². The van der Waals surface area contributed by atoms with Gasteiger partial charge < -0.3 is 15.4 Å². The fraction of sp³-hybridized carbons (Fsp3) is 0.308. The molecule has 1 aliphatic carbocycles. The van der Waals surface area contributed by atoms with Gasteiger partial charge in [-0.15, -0.1) is 0 Å². The standard InChI is InChI=1S/C26H28N6O2/c1-3-22(33)31-14-6-8-19(15-31)32-26-23(25(27)28-16-29-26)24(30-32)18-10-12-20(13-11-18)34-21-9-5-4-7-17(21)2/h3-5,7,9-13,16-17,19,21H,1,6,8,14-15H2,2H3,(H2,27,28,29). The first-order valence-electron chi connectivity index (χ1n) is 11.6. The third kappa shape index (κ3) is 4.07. The third-order valence-corrected chi connectivity index (χ3v) is 6.49. The number of nitrogen functional groups attached to an aromatic ring is 1. The Morgan fingerprint density at radius 1 is 1.21 bits per heavy atom. The molecule has 1 amide bonds. The lowest BCUT2D eigenvalue weighted by Crippen LogP contribution is -2.40. The number of ether oxygens (including phenoxy) is 1. The van der Waals surface area contributed by atoms with Gasteiger partial charge in [-0.1, -0.05) is 31.7 Å². The van der Waals surface area contributed by atoms with Crippen LogP contribution in [0.2, 0.25) is 0 Å². The maximum Gasteiger partial charge on any atom is 0.246 e. The van der Waals surface area contributed by atoms with Crippen molar-refractivity contribution in [2.24, 2.45) is 5.92 Å². The highest BCUT2D eigenvalue weighted by Gasteiger charge is 2.28. The number of carbonyl (C=O) groups is 1. The number of likely N-dealkylation sites (tertiary alicyclic amines) is 1. The highest BCUT2D eigenvalue weighted by Crippen LogP contribution is 2.34. The van der Waals surface area contributed by atoms with Crippen molar-refractivity contribution in [2.45, 2.75) is 31.9 Å². The van der Waals surface area contributed by atoms with Crippen LogP contribution in [0.5, 0.6) is 5.75 Å². The summed E-state index contributed by atoms with van der Waals surface area (Å²) in [5, 5.41) is 5.65. The predicted molar refractivity (Wildman–Crippen MR) is 132 cm³/mol. The lowest BCUT2D eigenvalue weighted by Gasteiger charge is -2.32. The van der Waals surface area contributed by atoms with E-state index in [9.17, 15) is 4.79 Å². The van der Waals surface area contributed by atoms with Gasteiger partial charge in [0, 0.05) is 24.6 Å². The number of nitrogens with zero attached hydrogens (tertiary/aromatic N) is 5. The van der Waals surface area contributed by atoms with Crippen molar-refractivity contribution in [2.75, 3.05) is 18.8 Å². The number of hydrogen-bond donors (Lipinski definition) is 1. The normalized spacial score (nSPS) is 22.1. The molecule has 1 fully saturated rings. The minimum absolute atomic E-state index is 0.00145. The van der Waals surface area contributed by atoms with Crippen LogP contribution < -0.4 is 10.5 Å². The van der Waals surface area contributed by atoms with E-state index in [1.165, 1.54) is 12.4 Å². The van der Waals surface area contributed by atoms with Crippen LogP contribution in [0.3, 0.4) is 0 Å². The van der Waals surface area contributed by atoms with Gasteiger partial charge >= 0.3 is 0 Å².